The second-order valence-corrected chi connectivity index (χ2v) is 25.8. The Morgan fingerprint density at radius 1 is 0.333 bits per heavy atom. The Morgan fingerprint density at radius 3 is 0.840 bits per heavy atom. The summed E-state index contributed by atoms with van der Waals surface area (Å²) in [6.07, 6.45) is 39.0. The second-order valence-electron chi connectivity index (χ2n) is 22.9. The number of carbonyl (C=O) groups is 4. The molecule has 5 atom stereocenters. The van der Waals surface area contributed by atoms with Crippen molar-refractivity contribution in [3.63, 3.8) is 0 Å². The molecule has 0 aliphatic carbocycles. The van der Waals surface area contributed by atoms with E-state index >= 15 is 0 Å². The summed E-state index contributed by atoms with van der Waals surface area (Å²) < 4.78 is 67.8. The molecule has 0 aromatic heterocycles. The lowest BCUT2D eigenvalue weighted by molar-refractivity contribution is -0.161. The van der Waals surface area contributed by atoms with E-state index in [0.29, 0.717) is 31.6 Å². The fourth-order valence-electron chi connectivity index (χ4n) is 9.23. The van der Waals surface area contributed by atoms with Gasteiger partial charge in [-0.1, -0.05) is 259 Å². The summed E-state index contributed by atoms with van der Waals surface area (Å²) in [5.41, 5.74) is 0. The molecule has 0 aromatic carbocycles. The first-order valence-electron chi connectivity index (χ1n) is 32.6. The van der Waals surface area contributed by atoms with Crippen molar-refractivity contribution in [1.82, 2.24) is 0 Å². The lowest BCUT2D eigenvalue weighted by Gasteiger charge is -2.21. The number of aliphatic hydroxyl groups excluding tert-OH is 1. The van der Waals surface area contributed by atoms with Crippen LogP contribution in [0.2, 0.25) is 0 Å². The standard InChI is InChI=1S/C62H120O17P2/c1-6-9-12-15-18-21-23-25-28-31-37-42-47-61(66)78-57(51-73-60(65)46-41-36-30-27-24-22-19-16-13-10-7-2)53-76-80(68,69)74-49-56(63)50-75-81(70,71)77-54-58(79-62(67)48-43-38-33-32-34-39-44-55(4)5)52-72-59(64)45-40-35-29-26-20-17-14-11-8-3/h55-58,63H,6-54H2,1-5H3,(H,68,69)(H,70,71)/t56-,57-,58-/m1/s1. The molecule has 0 heterocycles. The first-order chi connectivity index (χ1) is 39.0. The van der Waals surface area contributed by atoms with Crippen molar-refractivity contribution >= 4 is 39.5 Å². The molecule has 0 saturated carbocycles. The fourth-order valence-corrected chi connectivity index (χ4v) is 10.8. The van der Waals surface area contributed by atoms with Crippen LogP contribution in [-0.4, -0.2) is 96.7 Å². The van der Waals surface area contributed by atoms with E-state index in [4.69, 9.17) is 37.0 Å². The van der Waals surface area contributed by atoms with Crippen molar-refractivity contribution in [2.45, 2.75) is 329 Å². The average molecular weight is 1200 g/mol. The molecule has 0 amide bonds. The Bertz CT molecular complexity index is 1580. The molecule has 81 heavy (non-hydrogen) atoms. The van der Waals surface area contributed by atoms with Crippen LogP contribution in [0.5, 0.6) is 0 Å². The number of hydrogen-bond donors (Lipinski definition) is 3. The number of unbranched alkanes of at least 4 members (excludes halogenated alkanes) is 34. The Labute approximate surface area is 492 Å². The van der Waals surface area contributed by atoms with Crippen molar-refractivity contribution in [3.8, 4) is 0 Å². The van der Waals surface area contributed by atoms with Crippen LogP contribution in [0.15, 0.2) is 0 Å². The predicted octanol–water partition coefficient (Wildman–Crippen LogP) is 17.0. The van der Waals surface area contributed by atoms with Crippen molar-refractivity contribution in [2.24, 2.45) is 5.92 Å². The average Bonchev–Trinajstić information content (AvgIpc) is 3.43. The van der Waals surface area contributed by atoms with E-state index in [9.17, 15) is 43.2 Å². The summed E-state index contributed by atoms with van der Waals surface area (Å²) in [4.78, 5) is 72.0. The van der Waals surface area contributed by atoms with E-state index in [1.807, 2.05) is 0 Å². The van der Waals surface area contributed by atoms with Crippen LogP contribution in [0.3, 0.4) is 0 Å². The molecule has 0 bridgehead atoms. The van der Waals surface area contributed by atoms with Gasteiger partial charge in [0.2, 0.25) is 0 Å². The molecular formula is C62H120O17P2. The summed E-state index contributed by atoms with van der Waals surface area (Å²) >= 11 is 0. The van der Waals surface area contributed by atoms with Crippen LogP contribution >= 0.6 is 15.6 Å². The number of esters is 4. The zero-order valence-corrected chi connectivity index (χ0v) is 53.7. The van der Waals surface area contributed by atoms with Crippen molar-refractivity contribution < 1.29 is 80.2 Å². The molecule has 19 heteroatoms. The SMILES string of the molecule is CCCCCCCCCCCCCCC(=O)O[C@H](COC(=O)CCCCCCCCCCCCC)COP(=O)(O)OC[C@@H](O)COP(=O)(O)OC[C@@H](COC(=O)CCCCCCCCCCC)OC(=O)CCCCCCCCC(C)C. The third-order valence-corrected chi connectivity index (χ3v) is 16.2. The molecule has 0 aliphatic rings. The lowest BCUT2D eigenvalue weighted by Crippen LogP contribution is -2.30. The predicted molar refractivity (Wildman–Crippen MR) is 322 cm³/mol. The van der Waals surface area contributed by atoms with E-state index in [-0.39, 0.29) is 25.7 Å². The molecule has 0 rings (SSSR count). The molecule has 17 nitrogen and oxygen atoms in total. The highest BCUT2D eigenvalue weighted by Crippen LogP contribution is 2.45. The maximum atomic E-state index is 12.9. The van der Waals surface area contributed by atoms with E-state index in [2.05, 4.69) is 34.6 Å². The van der Waals surface area contributed by atoms with Crippen molar-refractivity contribution in [1.29, 1.82) is 0 Å². The minimum atomic E-state index is -4.94. The summed E-state index contributed by atoms with van der Waals surface area (Å²) in [6.45, 7) is 7.07. The van der Waals surface area contributed by atoms with E-state index in [1.54, 1.807) is 0 Å². The van der Waals surface area contributed by atoms with Crippen LogP contribution in [0.25, 0.3) is 0 Å². The number of carbonyl (C=O) groups excluding carboxylic acids is 4. The normalized spacial score (nSPS) is 14.3. The first kappa shape index (κ1) is 79.1. The maximum absolute atomic E-state index is 12.9. The zero-order chi connectivity index (χ0) is 59.9. The Kier molecular flexibility index (Phi) is 54.6. The third-order valence-electron chi connectivity index (χ3n) is 14.3. The highest BCUT2D eigenvalue weighted by atomic mass is 31.2. The zero-order valence-electron chi connectivity index (χ0n) is 51.9. The highest BCUT2D eigenvalue weighted by molar-refractivity contribution is 7.47. The van der Waals surface area contributed by atoms with Crippen LogP contribution in [0, 0.1) is 5.92 Å². The minimum Gasteiger partial charge on any atom is -0.462 e. The Morgan fingerprint density at radius 2 is 0.568 bits per heavy atom. The van der Waals surface area contributed by atoms with Gasteiger partial charge in [-0.05, 0) is 31.6 Å². The van der Waals surface area contributed by atoms with Crippen molar-refractivity contribution in [2.75, 3.05) is 39.6 Å². The van der Waals surface area contributed by atoms with Crippen LogP contribution in [-0.2, 0) is 65.4 Å². The molecule has 2 unspecified atom stereocenters. The molecule has 0 aliphatic heterocycles. The molecule has 0 saturated heterocycles. The number of rotatable bonds is 62. The van der Waals surface area contributed by atoms with E-state index < -0.39 is 97.5 Å². The number of hydrogen-bond acceptors (Lipinski definition) is 15. The monoisotopic (exact) mass is 1200 g/mol. The van der Waals surface area contributed by atoms with Gasteiger partial charge in [0.15, 0.2) is 12.2 Å². The van der Waals surface area contributed by atoms with Gasteiger partial charge >= 0.3 is 39.5 Å². The van der Waals surface area contributed by atoms with Gasteiger partial charge in [-0.15, -0.1) is 0 Å². The maximum Gasteiger partial charge on any atom is 0.472 e. The molecule has 3 N–H and O–H groups in total. The molecule has 0 fully saturated rings. The van der Waals surface area contributed by atoms with Gasteiger partial charge in [-0.25, -0.2) is 9.13 Å². The quantitative estimate of drug-likeness (QED) is 0.0222. The summed E-state index contributed by atoms with van der Waals surface area (Å²) in [7, 11) is -9.88. The van der Waals surface area contributed by atoms with Crippen LogP contribution in [0.1, 0.15) is 311 Å². The fraction of sp³-hybridized carbons (Fsp3) is 0.935. The minimum absolute atomic E-state index is 0.102. The van der Waals surface area contributed by atoms with Crippen LogP contribution < -0.4 is 0 Å². The van der Waals surface area contributed by atoms with Gasteiger partial charge in [0.25, 0.3) is 0 Å². The lowest BCUT2D eigenvalue weighted by atomic mass is 10.0. The van der Waals surface area contributed by atoms with Gasteiger partial charge < -0.3 is 33.8 Å². The number of phosphoric ester groups is 2. The molecule has 480 valence electrons. The molecular weight excluding hydrogens is 1080 g/mol. The number of aliphatic hydroxyl groups is 1. The van der Waals surface area contributed by atoms with Gasteiger partial charge in [0.05, 0.1) is 26.4 Å². The molecule has 0 radical (unpaired) electrons. The second kappa shape index (κ2) is 55.9. The molecule has 0 aromatic rings. The topological polar surface area (TPSA) is 237 Å². The van der Waals surface area contributed by atoms with Gasteiger partial charge in [-0.2, -0.15) is 0 Å². The first-order valence-corrected chi connectivity index (χ1v) is 35.6. The van der Waals surface area contributed by atoms with Gasteiger partial charge in [-0.3, -0.25) is 37.3 Å². The van der Waals surface area contributed by atoms with Crippen LogP contribution in [0.4, 0.5) is 0 Å². The summed E-state index contributed by atoms with van der Waals surface area (Å²) in [5, 5.41) is 10.5. The largest absolute Gasteiger partial charge is 0.472 e. The summed E-state index contributed by atoms with van der Waals surface area (Å²) in [6, 6.07) is 0. The van der Waals surface area contributed by atoms with E-state index in [1.165, 1.54) is 135 Å². The van der Waals surface area contributed by atoms with Crippen molar-refractivity contribution in [3.05, 3.63) is 0 Å². The number of phosphoric acid groups is 2. The smallest absolute Gasteiger partial charge is 0.462 e. The van der Waals surface area contributed by atoms with E-state index in [0.717, 1.165) is 89.9 Å². The number of ether oxygens (including phenoxy) is 4. The highest BCUT2D eigenvalue weighted by Gasteiger charge is 2.30. The van der Waals surface area contributed by atoms with Gasteiger partial charge in [0.1, 0.15) is 19.3 Å². The Balaban J connectivity index is 5.23. The molecule has 0 spiro atoms. The summed E-state index contributed by atoms with van der Waals surface area (Å²) in [5.74, 6) is -1.47. The van der Waals surface area contributed by atoms with Gasteiger partial charge in [0, 0.05) is 25.7 Å². The third kappa shape index (κ3) is 56.9. The Hall–Kier alpha value is -1.94.